The average molecular weight is 403 g/mol. The molecule has 0 N–H and O–H groups in total. The third-order valence-corrected chi connectivity index (χ3v) is 5.64. The number of halogens is 2. The van der Waals surface area contributed by atoms with Gasteiger partial charge in [-0.05, 0) is 29.5 Å². The number of rotatable bonds is 3. The number of aryl methyl sites for hydroxylation is 1. The number of carbonyl (C=O) groups excluding carboxylic acids is 1. The molecule has 2 aliphatic rings. The molecule has 0 radical (unpaired) electrons. The molecule has 0 unspecified atom stereocenters. The number of hydrazone groups is 1. The van der Waals surface area contributed by atoms with Crippen LogP contribution in [0.15, 0.2) is 27.7 Å². The van der Waals surface area contributed by atoms with E-state index < -0.39 is 17.7 Å². The van der Waals surface area contributed by atoms with E-state index in [4.69, 9.17) is 4.42 Å². The van der Waals surface area contributed by atoms with Gasteiger partial charge in [-0.3, -0.25) is 4.79 Å². The van der Waals surface area contributed by atoms with Gasteiger partial charge >= 0.3 is 6.01 Å². The van der Waals surface area contributed by atoms with Crippen molar-refractivity contribution >= 4 is 18.1 Å². The molecule has 1 saturated heterocycles. The topological polar surface area (TPSA) is 74.8 Å². The third-order valence-electron chi connectivity index (χ3n) is 5.64. The van der Waals surface area contributed by atoms with Gasteiger partial charge in [0, 0.05) is 44.6 Å². The minimum Gasteiger partial charge on any atom is -0.408 e. The quantitative estimate of drug-likeness (QED) is 0.785. The van der Waals surface area contributed by atoms with E-state index in [2.05, 4.69) is 15.3 Å². The fourth-order valence-corrected chi connectivity index (χ4v) is 4.22. The number of hydrogen-bond acceptors (Lipinski definition) is 6. The van der Waals surface area contributed by atoms with Crippen LogP contribution in [-0.4, -0.2) is 40.4 Å². The number of anilines is 1. The zero-order valence-corrected chi connectivity index (χ0v) is 16.6. The molecule has 0 spiro atoms. The summed E-state index contributed by atoms with van der Waals surface area (Å²) in [5, 5.41) is 13.6. The van der Waals surface area contributed by atoms with Crippen molar-refractivity contribution < 1.29 is 18.0 Å². The molecule has 2 atom stereocenters. The van der Waals surface area contributed by atoms with Crippen LogP contribution < -0.4 is 4.90 Å². The van der Waals surface area contributed by atoms with Crippen molar-refractivity contribution in [3.05, 3.63) is 41.3 Å². The van der Waals surface area contributed by atoms with Gasteiger partial charge in [-0.15, -0.1) is 5.10 Å². The Hall–Kier alpha value is -2.84. The van der Waals surface area contributed by atoms with E-state index in [0.717, 1.165) is 6.07 Å². The summed E-state index contributed by atoms with van der Waals surface area (Å²) in [6, 6.07) is 3.29. The van der Waals surface area contributed by atoms with E-state index in [1.54, 1.807) is 13.1 Å². The fourth-order valence-electron chi connectivity index (χ4n) is 4.22. The number of hydrogen-bond donors (Lipinski definition) is 0. The summed E-state index contributed by atoms with van der Waals surface area (Å²) >= 11 is 0. The second-order valence-corrected chi connectivity index (χ2v) is 8.29. The minimum absolute atomic E-state index is 0.139. The molecule has 154 valence electrons. The van der Waals surface area contributed by atoms with Crippen molar-refractivity contribution in [2.75, 3.05) is 18.0 Å². The minimum atomic E-state index is -0.664. The van der Waals surface area contributed by atoms with Crippen LogP contribution >= 0.6 is 0 Å². The summed E-state index contributed by atoms with van der Waals surface area (Å²) < 4.78 is 32.9. The fraction of sp³-hybridized carbons (Fsp3) is 0.500. The standard InChI is InChI=1S/C20H23F2N5O2/c1-12-24-25-19(29-12)26-7-5-16(20(2,3)11-26)18(28)27-17(4-6-23-27)13-8-14(21)10-15(22)9-13/h6,8-10,16-17H,4-5,7,11H2,1-3H3/t16-,17+/m1/s1. The van der Waals surface area contributed by atoms with Crippen LogP contribution in [0.4, 0.5) is 14.8 Å². The number of nitrogens with zero attached hydrogens (tertiary/aromatic N) is 5. The van der Waals surface area contributed by atoms with Gasteiger partial charge in [-0.25, -0.2) is 13.8 Å². The number of benzene rings is 1. The van der Waals surface area contributed by atoms with E-state index in [-0.39, 0.29) is 17.2 Å². The molecule has 0 aliphatic carbocycles. The maximum atomic E-state index is 13.7. The van der Waals surface area contributed by atoms with E-state index in [9.17, 15) is 13.6 Å². The van der Waals surface area contributed by atoms with E-state index in [0.29, 0.717) is 43.4 Å². The second kappa shape index (κ2) is 7.20. The lowest BCUT2D eigenvalue weighted by molar-refractivity contribution is -0.142. The van der Waals surface area contributed by atoms with E-state index in [1.165, 1.54) is 17.1 Å². The molecule has 9 heteroatoms. The highest BCUT2D eigenvalue weighted by molar-refractivity contribution is 5.83. The van der Waals surface area contributed by atoms with Crippen molar-refractivity contribution in [2.24, 2.45) is 16.4 Å². The molecule has 2 aliphatic heterocycles. The second-order valence-electron chi connectivity index (χ2n) is 8.29. The van der Waals surface area contributed by atoms with Crippen molar-refractivity contribution in [1.82, 2.24) is 15.2 Å². The molecule has 7 nitrogen and oxygen atoms in total. The number of aromatic nitrogens is 2. The lowest BCUT2D eigenvalue weighted by Gasteiger charge is -2.43. The number of piperidine rings is 1. The lowest BCUT2D eigenvalue weighted by Crippen LogP contribution is -2.51. The van der Waals surface area contributed by atoms with Crippen LogP contribution in [0, 0.1) is 29.9 Å². The third kappa shape index (κ3) is 3.73. The summed E-state index contributed by atoms with van der Waals surface area (Å²) in [5.74, 6) is -1.27. The maximum Gasteiger partial charge on any atom is 0.318 e. The Morgan fingerprint density at radius 2 is 1.93 bits per heavy atom. The molecule has 1 aromatic heterocycles. The zero-order chi connectivity index (χ0) is 20.8. The Morgan fingerprint density at radius 1 is 1.21 bits per heavy atom. The molecule has 0 bridgehead atoms. The van der Waals surface area contributed by atoms with E-state index in [1.807, 2.05) is 18.7 Å². The summed E-state index contributed by atoms with van der Waals surface area (Å²) in [6.07, 6.45) is 2.63. The summed E-state index contributed by atoms with van der Waals surface area (Å²) in [7, 11) is 0. The highest BCUT2D eigenvalue weighted by atomic mass is 19.1. The van der Waals surface area contributed by atoms with Crippen molar-refractivity contribution in [3.8, 4) is 0 Å². The van der Waals surface area contributed by atoms with E-state index >= 15 is 0 Å². The summed E-state index contributed by atoms with van der Waals surface area (Å²) in [6.45, 7) is 6.93. The molecular formula is C20H23F2N5O2. The summed E-state index contributed by atoms with van der Waals surface area (Å²) in [5.41, 5.74) is 0.0259. The van der Waals surface area contributed by atoms with Crippen LogP contribution in [0.3, 0.4) is 0 Å². The van der Waals surface area contributed by atoms with Crippen LogP contribution in [0.1, 0.15) is 44.2 Å². The van der Waals surface area contributed by atoms with Crippen molar-refractivity contribution in [1.29, 1.82) is 0 Å². The zero-order valence-electron chi connectivity index (χ0n) is 16.6. The lowest BCUT2D eigenvalue weighted by atomic mass is 9.73. The van der Waals surface area contributed by atoms with Gasteiger partial charge < -0.3 is 9.32 Å². The van der Waals surface area contributed by atoms with Gasteiger partial charge in [0.1, 0.15) is 11.6 Å². The average Bonchev–Trinajstić information content (AvgIpc) is 3.28. The maximum absolute atomic E-state index is 13.7. The Balaban J connectivity index is 1.53. The predicted molar refractivity (Wildman–Crippen MR) is 102 cm³/mol. The van der Waals surface area contributed by atoms with Crippen molar-refractivity contribution in [2.45, 2.75) is 39.7 Å². The first-order valence-corrected chi connectivity index (χ1v) is 9.61. The largest absolute Gasteiger partial charge is 0.408 e. The molecule has 1 fully saturated rings. The molecule has 3 heterocycles. The van der Waals surface area contributed by atoms with Gasteiger partial charge in [-0.1, -0.05) is 18.9 Å². The molecular weight excluding hydrogens is 380 g/mol. The number of amides is 1. The molecule has 1 amide bonds. The molecule has 0 saturated carbocycles. The number of carbonyl (C=O) groups is 1. The Labute approximate surface area is 167 Å². The Morgan fingerprint density at radius 3 is 2.55 bits per heavy atom. The monoisotopic (exact) mass is 403 g/mol. The summed E-state index contributed by atoms with van der Waals surface area (Å²) in [4.78, 5) is 15.4. The first kappa shape index (κ1) is 19.5. The predicted octanol–water partition coefficient (Wildman–Crippen LogP) is 3.47. The Kier molecular flexibility index (Phi) is 4.84. The molecule has 4 rings (SSSR count). The highest BCUT2D eigenvalue weighted by Crippen LogP contribution is 2.40. The first-order chi connectivity index (χ1) is 13.7. The van der Waals surface area contributed by atoms with Gasteiger partial charge in [0.25, 0.3) is 0 Å². The van der Waals surface area contributed by atoms with Gasteiger partial charge in [0.2, 0.25) is 11.8 Å². The normalized spacial score (nSPS) is 23.6. The Bertz CT molecular complexity index is 938. The van der Waals surface area contributed by atoms with Gasteiger partial charge in [0.15, 0.2) is 0 Å². The van der Waals surface area contributed by atoms with Crippen molar-refractivity contribution in [3.63, 3.8) is 0 Å². The molecule has 2 aromatic rings. The van der Waals surface area contributed by atoms with Crippen LogP contribution in [0.25, 0.3) is 0 Å². The van der Waals surface area contributed by atoms with Gasteiger partial charge in [0.05, 0.1) is 6.04 Å². The molecule has 1 aromatic carbocycles. The van der Waals surface area contributed by atoms with Gasteiger partial charge in [-0.2, -0.15) is 5.10 Å². The molecule has 29 heavy (non-hydrogen) atoms. The van der Waals surface area contributed by atoms with Crippen LogP contribution in [-0.2, 0) is 4.79 Å². The first-order valence-electron chi connectivity index (χ1n) is 9.61. The van der Waals surface area contributed by atoms with Crippen LogP contribution in [0.2, 0.25) is 0 Å². The highest BCUT2D eigenvalue weighted by Gasteiger charge is 2.45. The van der Waals surface area contributed by atoms with Crippen LogP contribution in [0.5, 0.6) is 0 Å². The SMILES string of the molecule is Cc1nnc(N2CC[C@H](C(=O)N3N=CC[C@H]3c3cc(F)cc(F)c3)C(C)(C)C2)o1. The smallest absolute Gasteiger partial charge is 0.318 e.